The van der Waals surface area contributed by atoms with Crippen molar-refractivity contribution in [2.45, 2.75) is 6.61 Å². The van der Waals surface area contributed by atoms with E-state index in [2.05, 4.69) is 10.9 Å². The lowest BCUT2D eigenvalue weighted by Crippen LogP contribution is -2.41. The smallest absolute Gasteiger partial charge is 0.305 e. The largest absolute Gasteiger partial charge is 0.486 e. The number of rotatable bonds is 5. The third kappa shape index (κ3) is 4.91. The molecule has 3 aromatic rings. The molecule has 1 heterocycles. The van der Waals surface area contributed by atoms with Crippen LogP contribution in [-0.4, -0.2) is 11.8 Å². The van der Waals surface area contributed by atoms with E-state index in [1.165, 1.54) is 6.07 Å². The number of para-hydroxylation sites is 1. The summed E-state index contributed by atoms with van der Waals surface area (Å²) in [6, 6.07) is 14.4. The Morgan fingerprint density at radius 2 is 1.56 bits per heavy atom. The maximum atomic E-state index is 13.1. The van der Waals surface area contributed by atoms with Crippen molar-refractivity contribution in [3.63, 3.8) is 0 Å². The number of hydrazine groups is 1. The van der Waals surface area contributed by atoms with Crippen LogP contribution in [0.5, 0.6) is 5.75 Å². The van der Waals surface area contributed by atoms with Gasteiger partial charge in [0.2, 0.25) is 0 Å². The molecule has 2 N–H and O–H groups in total. The zero-order valence-electron chi connectivity index (χ0n) is 13.9. The summed E-state index contributed by atoms with van der Waals surface area (Å²) in [6.07, 6.45) is 0. The normalized spacial score (nSPS) is 10.3. The fourth-order valence-electron chi connectivity index (χ4n) is 2.18. The maximum Gasteiger partial charge on any atom is 0.305 e. The fraction of sp³-hybridized carbons (Fsp3) is 0.0526. The van der Waals surface area contributed by atoms with Crippen LogP contribution in [0.15, 0.2) is 65.1 Å². The summed E-state index contributed by atoms with van der Waals surface area (Å²) in [5.41, 5.74) is 3.89. The lowest BCUT2D eigenvalue weighted by Gasteiger charge is -2.06. The van der Waals surface area contributed by atoms with Gasteiger partial charge in [0, 0.05) is 11.6 Å². The number of hydrogen-bond acceptors (Lipinski definition) is 4. The first-order valence-electron chi connectivity index (χ1n) is 7.84. The van der Waals surface area contributed by atoms with E-state index in [-0.39, 0.29) is 17.9 Å². The zero-order valence-corrected chi connectivity index (χ0v) is 13.9. The number of nitrogens with one attached hydrogen (secondary N) is 2. The van der Waals surface area contributed by atoms with Crippen LogP contribution in [0.3, 0.4) is 0 Å². The van der Waals surface area contributed by atoms with Gasteiger partial charge in [-0.3, -0.25) is 20.4 Å². The SMILES string of the molecule is O=C(NNC(=O)c1ccc(COc2ccccc2)o1)c1cc(F)cc(F)c1. The van der Waals surface area contributed by atoms with Crippen LogP contribution < -0.4 is 15.6 Å². The Bertz CT molecular complexity index is 937. The molecular weight excluding hydrogens is 358 g/mol. The highest BCUT2D eigenvalue weighted by Crippen LogP contribution is 2.14. The van der Waals surface area contributed by atoms with Crippen LogP contribution in [-0.2, 0) is 6.61 Å². The molecule has 0 aliphatic heterocycles. The summed E-state index contributed by atoms with van der Waals surface area (Å²) < 4.78 is 37.1. The van der Waals surface area contributed by atoms with Gasteiger partial charge in [0.25, 0.3) is 5.91 Å². The van der Waals surface area contributed by atoms with E-state index < -0.39 is 23.4 Å². The number of ether oxygens (including phenoxy) is 1. The van der Waals surface area contributed by atoms with Gasteiger partial charge in [-0.05, 0) is 36.4 Å². The zero-order chi connectivity index (χ0) is 19.2. The van der Waals surface area contributed by atoms with Crippen molar-refractivity contribution in [1.82, 2.24) is 10.9 Å². The molecule has 138 valence electrons. The van der Waals surface area contributed by atoms with E-state index >= 15 is 0 Å². The minimum atomic E-state index is -0.902. The van der Waals surface area contributed by atoms with Gasteiger partial charge >= 0.3 is 5.91 Å². The van der Waals surface area contributed by atoms with E-state index in [1.807, 2.05) is 18.2 Å². The molecule has 3 rings (SSSR count). The van der Waals surface area contributed by atoms with Gasteiger partial charge in [0.1, 0.15) is 29.8 Å². The van der Waals surface area contributed by atoms with Crippen molar-refractivity contribution in [2.75, 3.05) is 0 Å². The molecule has 0 saturated heterocycles. The Balaban J connectivity index is 1.54. The Morgan fingerprint density at radius 3 is 2.26 bits per heavy atom. The van der Waals surface area contributed by atoms with Crippen LogP contribution >= 0.6 is 0 Å². The first-order valence-corrected chi connectivity index (χ1v) is 7.84. The van der Waals surface area contributed by atoms with E-state index in [4.69, 9.17) is 9.15 Å². The molecule has 0 aliphatic rings. The summed E-state index contributed by atoms with van der Waals surface area (Å²) in [5.74, 6) is -2.42. The van der Waals surface area contributed by atoms with Crippen molar-refractivity contribution in [2.24, 2.45) is 0 Å². The molecule has 0 radical (unpaired) electrons. The number of hydrogen-bond donors (Lipinski definition) is 2. The average molecular weight is 372 g/mol. The quantitative estimate of drug-likeness (QED) is 0.674. The van der Waals surface area contributed by atoms with Gasteiger partial charge < -0.3 is 9.15 Å². The Hall–Kier alpha value is -3.68. The number of carbonyl (C=O) groups excluding carboxylic acids is 2. The summed E-state index contributed by atoms with van der Waals surface area (Å²) >= 11 is 0. The topological polar surface area (TPSA) is 80.6 Å². The third-order valence-electron chi connectivity index (χ3n) is 3.42. The molecule has 0 aliphatic carbocycles. The maximum absolute atomic E-state index is 13.1. The Labute approximate surface area is 152 Å². The van der Waals surface area contributed by atoms with Crippen LogP contribution in [0.25, 0.3) is 0 Å². The Kier molecular flexibility index (Phi) is 5.46. The third-order valence-corrected chi connectivity index (χ3v) is 3.42. The number of benzene rings is 2. The first-order chi connectivity index (χ1) is 13.0. The molecule has 27 heavy (non-hydrogen) atoms. The van der Waals surface area contributed by atoms with Gasteiger partial charge in [-0.1, -0.05) is 18.2 Å². The molecule has 2 amide bonds. The van der Waals surface area contributed by atoms with E-state index in [9.17, 15) is 18.4 Å². The van der Waals surface area contributed by atoms with Crippen LogP contribution in [0.2, 0.25) is 0 Å². The first kappa shape index (κ1) is 18.1. The molecule has 0 atom stereocenters. The molecule has 2 aromatic carbocycles. The molecule has 8 heteroatoms. The highest BCUT2D eigenvalue weighted by molar-refractivity contribution is 5.97. The van der Waals surface area contributed by atoms with E-state index in [0.717, 1.165) is 12.1 Å². The summed E-state index contributed by atoms with van der Waals surface area (Å²) in [7, 11) is 0. The monoisotopic (exact) mass is 372 g/mol. The Morgan fingerprint density at radius 1 is 0.889 bits per heavy atom. The highest BCUT2D eigenvalue weighted by atomic mass is 19.1. The summed E-state index contributed by atoms with van der Waals surface area (Å²) in [6.45, 7) is 0.117. The molecule has 0 unspecified atom stereocenters. The van der Waals surface area contributed by atoms with Crippen LogP contribution in [0.1, 0.15) is 26.7 Å². The second-order valence-electron chi connectivity index (χ2n) is 5.43. The van der Waals surface area contributed by atoms with Crippen molar-refractivity contribution in [3.05, 3.63) is 89.4 Å². The lowest BCUT2D eigenvalue weighted by molar-refractivity contribution is 0.0828. The van der Waals surface area contributed by atoms with E-state index in [0.29, 0.717) is 17.6 Å². The molecule has 6 nitrogen and oxygen atoms in total. The number of furan rings is 1. The van der Waals surface area contributed by atoms with Gasteiger partial charge in [0.05, 0.1) is 0 Å². The van der Waals surface area contributed by atoms with E-state index in [1.54, 1.807) is 18.2 Å². The van der Waals surface area contributed by atoms with Crippen LogP contribution in [0.4, 0.5) is 8.78 Å². The average Bonchev–Trinajstić information content (AvgIpc) is 3.13. The number of carbonyl (C=O) groups is 2. The van der Waals surface area contributed by atoms with Gasteiger partial charge in [-0.25, -0.2) is 8.78 Å². The molecule has 0 saturated carbocycles. The molecule has 0 fully saturated rings. The number of halogens is 2. The number of amides is 2. The summed E-state index contributed by atoms with van der Waals surface area (Å²) in [4.78, 5) is 23.8. The van der Waals surface area contributed by atoms with Gasteiger partial charge in [-0.15, -0.1) is 0 Å². The second kappa shape index (κ2) is 8.13. The second-order valence-corrected chi connectivity index (χ2v) is 5.43. The van der Waals surface area contributed by atoms with Crippen molar-refractivity contribution < 1.29 is 27.5 Å². The van der Waals surface area contributed by atoms with Crippen molar-refractivity contribution >= 4 is 11.8 Å². The standard InChI is InChI=1S/C19H14F2N2O4/c20-13-8-12(9-14(21)10-13)18(24)22-23-19(25)17-7-6-16(27-17)11-26-15-4-2-1-3-5-15/h1-10H,11H2,(H,22,24)(H,23,25). The van der Waals surface area contributed by atoms with Crippen molar-refractivity contribution in [1.29, 1.82) is 0 Å². The minimum Gasteiger partial charge on any atom is -0.486 e. The van der Waals surface area contributed by atoms with Crippen molar-refractivity contribution in [3.8, 4) is 5.75 Å². The molecule has 1 aromatic heterocycles. The van der Waals surface area contributed by atoms with Gasteiger partial charge in [-0.2, -0.15) is 0 Å². The summed E-state index contributed by atoms with van der Waals surface area (Å²) in [5, 5.41) is 0. The lowest BCUT2D eigenvalue weighted by atomic mass is 10.2. The van der Waals surface area contributed by atoms with Crippen LogP contribution in [0, 0.1) is 11.6 Å². The van der Waals surface area contributed by atoms with Gasteiger partial charge in [0.15, 0.2) is 5.76 Å². The predicted molar refractivity (Wildman–Crippen MR) is 90.8 cm³/mol. The molecule has 0 spiro atoms. The molecule has 0 bridgehead atoms. The predicted octanol–water partition coefficient (Wildman–Crippen LogP) is 3.21. The fourth-order valence-corrected chi connectivity index (χ4v) is 2.18. The highest BCUT2D eigenvalue weighted by Gasteiger charge is 2.14. The minimum absolute atomic E-state index is 0.0626. The molecular formula is C19H14F2N2O4.